The summed E-state index contributed by atoms with van der Waals surface area (Å²) < 4.78 is 0. The Morgan fingerprint density at radius 1 is 0.947 bits per heavy atom. The Morgan fingerprint density at radius 3 is 2.26 bits per heavy atom. The summed E-state index contributed by atoms with van der Waals surface area (Å²) in [6.45, 7) is 2.68. The van der Waals surface area contributed by atoms with Crippen molar-refractivity contribution in [3.8, 4) is 0 Å². The van der Waals surface area contributed by atoms with Crippen LogP contribution in [0.15, 0.2) is 0 Å². The fourth-order valence-corrected chi connectivity index (χ4v) is 3.05. The summed E-state index contributed by atoms with van der Waals surface area (Å²) >= 11 is 0. The summed E-state index contributed by atoms with van der Waals surface area (Å²) in [5.41, 5.74) is 0. The largest absolute Gasteiger partial charge is 0.480 e. The molecule has 1 N–H and O–H groups in total. The summed E-state index contributed by atoms with van der Waals surface area (Å²) in [5.74, 6) is -0.679. The first kappa shape index (κ1) is 14.3. The van der Waals surface area contributed by atoms with Gasteiger partial charge in [0.05, 0.1) is 6.54 Å². The van der Waals surface area contributed by atoms with E-state index in [1.807, 2.05) is 9.80 Å². The van der Waals surface area contributed by atoms with Gasteiger partial charge in [-0.05, 0) is 38.6 Å². The van der Waals surface area contributed by atoms with Crippen molar-refractivity contribution in [2.24, 2.45) is 0 Å². The summed E-state index contributed by atoms with van der Waals surface area (Å²) in [5, 5.41) is 9.29. The number of hydrogen-bond acceptors (Lipinski definition) is 3. The molecule has 5 nitrogen and oxygen atoms in total. The van der Waals surface area contributed by atoms with Gasteiger partial charge >= 0.3 is 5.97 Å². The zero-order valence-corrected chi connectivity index (χ0v) is 11.5. The van der Waals surface area contributed by atoms with E-state index in [9.17, 15) is 14.7 Å². The number of carboxylic acids is 1. The molecule has 108 valence electrons. The van der Waals surface area contributed by atoms with E-state index >= 15 is 0 Å². The molecule has 0 radical (unpaired) electrons. The van der Waals surface area contributed by atoms with Crippen molar-refractivity contribution in [2.45, 2.75) is 51.0 Å². The third-order valence-corrected chi connectivity index (χ3v) is 4.20. The monoisotopic (exact) mass is 268 g/mol. The van der Waals surface area contributed by atoms with Crippen LogP contribution in [0, 0.1) is 0 Å². The number of amides is 1. The Balaban J connectivity index is 1.93. The molecule has 1 atom stereocenters. The van der Waals surface area contributed by atoms with Gasteiger partial charge in [0.15, 0.2) is 0 Å². The van der Waals surface area contributed by atoms with Crippen LogP contribution in [0.3, 0.4) is 0 Å². The molecule has 2 saturated heterocycles. The minimum Gasteiger partial charge on any atom is -0.480 e. The van der Waals surface area contributed by atoms with Crippen LogP contribution in [0.5, 0.6) is 0 Å². The first-order valence-corrected chi connectivity index (χ1v) is 7.43. The number of aliphatic carboxylic acids is 1. The van der Waals surface area contributed by atoms with Gasteiger partial charge in [0, 0.05) is 13.1 Å². The lowest BCUT2D eigenvalue weighted by atomic mass is 10.1. The highest BCUT2D eigenvalue weighted by Crippen LogP contribution is 2.18. The van der Waals surface area contributed by atoms with Gasteiger partial charge in [0.1, 0.15) is 6.04 Å². The first-order chi connectivity index (χ1) is 9.18. The number of piperidine rings is 1. The predicted molar refractivity (Wildman–Crippen MR) is 71.9 cm³/mol. The van der Waals surface area contributed by atoms with Gasteiger partial charge < -0.3 is 10.0 Å². The van der Waals surface area contributed by atoms with Crippen LogP contribution in [-0.2, 0) is 9.59 Å². The minimum atomic E-state index is -0.784. The van der Waals surface area contributed by atoms with Crippen LogP contribution in [0.2, 0.25) is 0 Å². The minimum absolute atomic E-state index is 0.104. The van der Waals surface area contributed by atoms with Crippen molar-refractivity contribution in [1.29, 1.82) is 0 Å². The number of carbonyl (C=O) groups is 2. The van der Waals surface area contributed by atoms with E-state index in [1.54, 1.807) is 0 Å². The topological polar surface area (TPSA) is 60.9 Å². The Hall–Kier alpha value is -1.10. The van der Waals surface area contributed by atoms with E-state index in [1.165, 1.54) is 6.42 Å². The van der Waals surface area contributed by atoms with Gasteiger partial charge in [-0.25, -0.2) is 0 Å². The summed E-state index contributed by atoms with van der Waals surface area (Å²) in [7, 11) is 0. The van der Waals surface area contributed by atoms with Crippen molar-refractivity contribution in [3.63, 3.8) is 0 Å². The molecule has 0 saturated carbocycles. The maximum Gasteiger partial charge on any atom is 0.320 e. The van der Waals surface area contributed by atoms with E-state index in [2.05, 4.69) is 0 Å². The third-order valence-electron chi connectivity index (χ3n) is 4.20. The van der Waals surface area contributed by atoms with E-state index < -0.39 is 12.0 Å². The summed E-state index contributed by atoms with van der Waals surface area (Å²) in [6, 6.07) is -0.476. The van der Waals surface area contributed by atoms with Crippen molar-refractivity contribution < 1.29 is 14.7 Å². The molecule has 2 fully saturated rings. The molecule has 19 heavy (non-hydrogen) atoms. The predicted octanol–water partition coefficient (Wildman–Crippen LogP) is 1.33. The maximum atomic E-state index is 12.2. The molecule has 0 aromatic carbocycles. The smallest absolute Gasteiger partial charge is 0.320 e. The number of nitrogens with zero attached hydrogens (tertiary/aromatic N) is 2. The molecule has 5 heteroatoms. The Kier molecular flexibility index (Phi) is 5.19. The average Bonchev–Trinajstić information content (AvgIpc) is 2.65. The molecule has 1 amide bonds. The molecule has 2 heterocycles. The molecule has 0 bridgehead atoms. The second kappa shape index (κ2) is 6.89. The van der Waals surface area contributed by atoms with Crippen LogP contribution < -0.4 is 0 Å². The van der Waals surface area contributed by atoms with Crippen molar-refractivity contribution in [3.05, 3.63) is 0 Å². The molecule has 2 aliphatic rings. The lowest BCUT2D eigenvalue weighted by Gasteiger charge is -2.31. The Bertz CT molecular complexity index is 327. The second-order valence-corrected chi connectivity index (χ2v) is 5.62. The van der Waals surface area contributed by atoms with Crippen molar-refractivity contribution in [2.75, 3.05) is 26.2 Å². The third kappa shape index (κ3) is 3.93. The molecule has 0 aliphatic carbocycles. The van der Waals surface area contributed by atoms with Crippen LogP contribution in [0.4, 0.5) is 0 Å². The van der Waals surface area contributed by atoms with E-state index in [0.717, 1.165) is 51.7 Å². The van der Waals surface area contributed by atoms with Crippen molar-refractivity contribution >= 4 is 11.9 Å². The normalized spacial score (nSPS) is 25.9. The lowest BCUT2D eigenvalue weighted by Crippen LogP contribution is -2.48. The van der Waals surface area contributed by atoms with Crippen LogP contribution in [0.25, 0.3) is 0 Å². The summed E-state index contributed by atoms with van der Waals surface area (Å²) in [4.78, 5) is 27.3. The second-order valence-electron chi connectivity index (χ2n) is 5.62. The maximum absolute atomic E-state index is 12.2. The number of carbonyl (C=O) groups excluding carboxylic acids is 1. The fourth-order valence-electron chi connectivity index (χ4n) is 3.05. The average molecular weight is 268 g/mol. The van der Waals surface area contributed by atoms with Gasteiger partial charge in [-0.3, -0.25) is 14.5 Å². The SMILES string of the molecule is O=C(O)C1CCCCCN1CC(=O)N1CCCCC1. The Morgan fingerprint density at radius 2 is 1.58 bits per heavy atom. The zero-order chi connectivity index (χ0) is 13.7. The van der Waals surface area contributed by atoms with Crippen LogP contribution >= 0.6 is 0 Å². The molecule has 0 aromatic heterocycles. The number of carboxylic acid groups (broad SMARTS) is 1. The zero-order valence-electron chi connectivity index (χ0n) is 11.5. The standard InChI is InChI=1S/C14H24N2O3/c17-13(15-8-5-2-6-9-15)11-16-10-4-1-3-7-12(16)14(18)19/h12H,1-11H2,(H,18,19). The summed E-state index contributed by atoms with van der Waals surface area (Å²) in [6.07, 6.45) is 7.04. The highest BCUT2D eigenvalue weighted by atomic mass is 16.4. The fraction of sp³-hybridized carbons (Fsp3) is 0.857. The lowest BCUT2D eigenvalue weighted by molar-refractivity contribution is -0.145. The van der Waals surface area contributed by atoms with Crippen molar-refractivity contribution in [1.82, 2.24) is 9.80 Å². The van der Waals surface area contributed by atoms with E-state index in [0.29, 0.717) is 6.42 Å². The molecule has 0 aromatic rings. The number of likely N-dealkylation sites (tertiary alicyclic amines) is 2. The number of hydrogen-bond donors (Lipinski definition) is 1. The highest BCUT2D eigenvalue weighted by molar-refractivity contribution is 5.80. The highest BCUT2D eigenvalue weighted by Gasteiger charge is 2.29. The van der Waals surface area contributed by atoms with Gasteiger partial charge in [0.2, 0.25) is 5.91 Å². The van der Waals surface area contributed by atoms with Gasteiger partial charge in [-0.15, -0.1) is 0 Å². The number of rotatable bonds is 3. The Labute approximate surface area is 114 Å². The van der Waals surface area contributed by atoms with Gasteiger partial charge in [0.25, 0.3) is 0 Å². The van der Waals surface area contributed by atoms with Crippen LogP contribution in [0.1, 0.15) is 44.9 Å². The first-order valence-electron chi connectivity index (χ1n) is 7.43. The molecule has 0 spiro atoms. The quantitative estimate of drug-likeness (QED) is 0.839. The molecular formula is C14H24N2O3. The van der Waals surface area contributed by atoms with E-state index in [4.69, 9.17) is 0 Å². The molecule has 1 unspecified atom stereocenters. The van der Waals surface area contributed by atoms with Crippen LogP contribution in [-0.4, -0.2) is 59.0 Å². The van der Waals surface area contributed by atoms with Gasteiger partial charge in [-0.1, -0.05) is 12.8 Å². The molecule has 2 aliphatic heterocycles. The molecular weight excluding hydrogens is 244 g/mol. The van der Waals surface area contributed by atoms with Gasteiger partial charge in [-0.2, -0.15) is 0 Å². The van der Waals surface area contributed by atoms with E-state index in [-0.39, 0.29) is 12.5 Å². The molecule has 2 rings (SSSR count).